The molecule has 2 heterocycles. The van der Waals surface area contributed by atoms with Crippen molar-refractivity contribution >= 4 is 17.2 Å². The Labute approximate surface area is 213 Å². The number of benzene rings is 1. The van der Waals surface area contributed by atoms with Crippen LogP contribution in [0.1, 0.15) is 52.2 Å². The highest BCUT2D eigenvalue weighted by molar-refractivity contribution is 7.09. The zero-order valence-corrected chi connectivity index (χ0v) is 20.4. The zero-order valence-electron chi connectivity index (χ0n) is 19.6. The van der Waals surface area contributed by atoms with E-state index in [1.165, 1.54) is 11.3 Å². The Morgan fingerprint density at radius 3 is 2.22 bits per heavy atom. The molecular formula is C24H26F6N4O2S. The lowest BCUT2D eigenvalue weighted by atomic mass is 9.81. The Hall–Kier alpha value is -2.64. The van der Waals surface area contributed by atoms with Crippen LogP contribution in [-0.4, -0.2) is 52.6 Å². The molecule has 202 valence electrons. The molecule has 1 aromatic carbocycles. The fourth-order valence-corrected chi connectivity index (χ4v) is 5.53. The van der Waals surface area contributed by atoms with Gasteiger partial charge in [-0.05, 0) is 43.9 Å². The van der Waals surface area contributed by atoms with E-state index in [0.29, 0.717) is 36.7 Å². The molecule has 0 atom stereocenters. The van der Waals surface area contributed by atoms with Crippen molar-refractivity contribution in [2.45, 2.75) is 55.7 Å². The molecule has 2 aromatic rings. The first-order chi connectivity index (χ1) is 17.2. The van der Waals surface area contributed by atoms with Crippen LogP contribution in [0.5, 0.6) is 0 Å². The van der Waals surface area contributed by atoms with Gasteiger partial charge in [-0.3, -0.25) is 9.69 Å². The molecule has 4 rings (SSSR count). The average molecular weight is 549 g/mol. The third-order valence-electron chi connectivity index (χ3n) is 6.76. The topological polar surface area (TPSA) is 77.5 Å². The van der Waals surface area contributed by atoms with E-state index in [1.807, 2.05) is 5.38 Å². The SMILES string of the molecule is C=C(CNC(=O)c1cc(C(F)(F)F)cc(C(F)(F)F)c1)NC1CN([C@H]2CC[C@@](O)(c3nccs3)CC2)C1. The molecule has 1 aliphatic heterocycles. The van der Waals surface area contributed by atoms with Gasteiger partial charge in [0.15, 0.2) is 0 Å². The standard InChI is InChI=1S/C24H26F6N4O2S/c1-14(11-32-20(35)15-8-16(23(25,26)27)10-17(9-15)24(28,29)30)33-18-12-34(13-18)19-2-4-22(36,5-3-19)21-31-6-7-37-21/h6-10,18-19,33,36H,1-5,11-13H2,(H,32,35)/t19-,22-. The Balaban J connectivity index is 1.23. The van der Waals surface area contributed by atoms with Crippen molar-refractivity contribution in [1.82, 2.24) is 20.5 Å². The van der Waals surface area contributed by atoms with Crippen LogP contribution in [0.4, 0.5) is 26.3 Å². The van der Waals surface area contributed by atoms with E-state index in [1.54, 1.807) is 6.20 Å². The fourth-order valence-electron chi connectivity index (χ4n) is 4.73. The molecular weight excluding hydrogens is 522 g/mol. The number of nitrogens with zero attached hydrogens (tertiary/aromatic N) is 2. The number of aromatic nitrogens is 1. The van der Waals surface area contributed by atoms with E-state index in [-0.39, 0.29) is 18.7 Å². The van der Waals surface area contributed by atoms with Crippen LogP contribution in [0.15, 0.2) is 42.1 Å². The summed E-state index contributed by atoms with van der Waals surface area (Å²) >= 11 is 1.45. The minimum atomic E-state index is -5.03. The second-order valence-corrected chi connectivity index (χ2v) is 10.4. The lowest BCUT2D eigenvalue weighted by Crippen LogP contribution is -2.62. The largest absolute Gasteiger partial charge is 0.416 e. The smallest absolute Gasteiger partial charge is 0.383 e. The second kappa shape index (κ2) is 10.3. The Morgan fingerprint density at radius 2 is 1.70 bits per heavy atom. The number of thiazole rings is 1. The molecule has 1 aromatic heterocycles. The number of alkyl halides is 6. The number of likely N-dealkylation sites (tertiary alicyclic amines) is 1. The summed E-state index contributed by atoms with van der Waals surface area (Å²) < 4.78 is 78.2. The van der Waals surface area contributed by atoms with Crippen LogP contribution in [0.3, 0.4) is 0 Å². The maximum absolute atomic E-state index is 13.0. The van der Waals surface area contributed by atoms with E-state index in [4.69, 9.17) is 0 Å². The minimum absolute atomic E-state index is 0.0223. The van der Waals surface area contributed by atoms with Gasteiger partial charge < -0.3 is 15.7 Å². The molecule has 1 saturated heterocycles. The molecule has 1 aliphatic carbocycles. The Kier molecular flexibility index (Phi) is 7.59. The minimum Gasteiger partial charge on any atom is -0.383 e. The van der Waals surface area contributed by atoms with Crippen molar-refractivity contribution in [3.8, 4) is 0 Å². The lowest BCUT2D eigenvalue weighted by Gasteiger charge is -2.48. The summed E-state index contributed by atoms with van der Waals surface area (Å²) in [7, 11) is 0. The monoisotopic (exact) mass is 548 g/mol. The molecule has 0 spiro atoms. The predicted molar refractivity (Wildman–Crippen MR) is 125 cm³/mol. The van der Waals surface area contributed by atoms with E-state index >= 15 is 0 Å². The van der Waals surface area contributed by atoms with Gasteiger partial charge in [-0.15, -0.1) is 11.3 Å². The summed E-state index contributed by atoms with van der Waals surface area (Å²) in [5.41, 5.74) is -4.32. The number of amides is 1. The summed E-state index contributed by atoms with van der Waals surface area (Å²) in [6, 6.07) is 1.14. The molecule has 0 unspecified atom stereocenters. The van der Waals surface area contributed by atoms with E-state index < -0.39 is 40.6 Å². The van der Waals surface area contributed by atoms with Gasteiger partial charge in [0.05, 0.1) is 23.7 Å². The number of aliphatic hydroxyl groups is 1. The number of carbonyl (C=O) groups excluding carboxylic acids is 1. The van der Waals surface area contributed by atoms with Gasteiger partial charge in [0.2, 0.25) is 0 Å². The van der Waals surface area contributed by atoms with Crippen LogP contribution < -0.4 is 10.6 Å². The molecule has 37 heavy (non-hydrogen) atoms. The number of halogens is 6. The molecule has 1 amide bonds. The van der Waals surface area contributed by atoms with Gasteiger partial charge in [-0.2, -0.15) is 26.3 Å². The van der Waals surface area contributed by atoms with Crippen molar-refractivity contribution in [2.75, 3.05) is 19.6 Å². The first-order valence-corrected chi connectivity index (χ1v) is 12.5. The third-order valence-corrected chi connectivity index (χ3v) is 7.73. The van der Waals surface area contributed by atoms with Crippen LogP contribution in [0.25, 0.3) is 0 Å². The van der Waals surface area contributed by atoms with E-state index in [2.05, 4.69) is 27.1 Å². The van der Waals surface area contributed by atoms with Gasteiger partial charge >= 0.3 is 12.4 Å². The number of nitrogens with one attached hydrogen (secondary N) is 2. The Morgan fingerprint density at radius 1 is 1.11 bits per heavy atom. The van der Waals surface area contributed by atoms with Gasteiger partial charge in [0.1, 0.15) is 10.6 Å². The molecule has 1 saturated carbocycles. The summed E-state index contributed by atoms with van der Waals surface area (Å²) in [4.78, 5) is 18.9. The lowest BCUT2D eigenvalue weighted by molar-refractivity contribution is -0.143. The first kappa shape index (κ1) is 27.4. The quantitative estimate of drug-likeness (QED) is 0.444. The zero-order chi connectivity index (χ0) is 27.0. The van der Waals surface area contributed by atoms with Crippen molar-refractivity contribution in [3.63, 3.8) is 0 Å². The third kappa shape index (κ3) is 6.44. The number of carbonyl (C=O) groups is 1. The van der Waals surface area contributed by atoms with Crippen LogP contribution in [-0.2, 0) is 18.0 Å². The summed E-state index contributed by atoms with van der Waals surface area (Å²) in [5, 5.41) is 18.9. The number of hydrogen-bond acceptors (Lipinski definition) is 6. The molecule has 2 fully saturated rings. The number of hydrogen-bond donors (Lipinski definition) is 3. The highest BCUT2D eigenvalue weighted by atomic mass is 32.1. The maximum atomic E-state index is 13.0. The molecule has 0 radical (unpaired) electrons. The molecule has 13 heteroatoms. The van der Waals surface area contributed by atoms with E-state index in [0.717, 1.165) is 30.9 Å². The van der Waals surface area contributed by atoms with Gasteiger partial charge in [0.25, 0.3) is 5.91 Å². The molecule has 0 bridgehead atoms. The van der Waals surface area contributed by atoms with Crippen LogP contribution in [0.2, 0.25) is 0 Å². The number of rotatable bonds is 7. The van der Waals surface area contributed by atoms with Crippen LogP contribution >= 0.6 is 11.3 Å². The second-order valence-electron chi connectivity index (χ2n) is 9.48. The van der Waals surface area contributed by atoms with Crippen molar-refractivity contribution in [3.05, 3.63) is 63.7 Å². The van der Waals surface area contributed by atoms with Crippen LogP contribution in [0, 0.1) is 0 Å². The van der Waals surface area contributed by atoms with Crippen molar-refractivity contribution < 1.29 is 36.2 Å². The molecule has 6 nitrogen and oxygen atoms in total. The average Bonchev–Trinajstić information content (AvgIpc) is 3.35. The predicted octanol–water partition coefficient (Wildman–Crippen LogP) is 4.53. The highest BCUT2D eigenvalue weighted by Crippen LogP contribution is 2.40. The Bertz CT molecular complexity index is 1090. The van der Waals surface area contributed by atoms with Gasteiger partial charge in [0, 0.05) is 42.0 Å². The van der Waals surface area contributed by atoms with Crippen molar-refractivity contribution in [2.24, 2.45) is 0 Å². The normalized spacial score (nSPS) is 23.4. The summed E-state index contributed by atoms with van der Waals surface area (Å²) in [5.74, 6) is -1.07. The van der Waals surface area contributed by atoms with Gasteiger partial charge in [-0.25, -0.2) is 4.98 Å². The van der Waals surface area contributed by atoms with Gasteiger partial charge in [-0.1, -0.05) is 6.58 Å². The van der Waals surface area contributed by atoms with E-state index in [9.17, 15) is 36.2 Å². The fraction of sp³-hybridized carbons (Fsp3) is 0.500. The van der Waals surface area contributed by atoms with Crippen molar-refractivity contribution in [1.29, 1.82) is 0 Å². The first-order valence-electron chi connectivity index (χ1n) is 11.6. The summed E-state index contributed by atoms with van der Waals surface area (Å²) in [6.45, 7) is 5.08. The highest BCUT2D eigenvalue weighted by Gasteiger charge is 2.41. The molecule has 3 N–H and O–H groups in total. The molecule has 2 aliphatic rings. The maximum Gasteiger partial charge on any atom is 0.416 e. The summed E-state index contributed by atoms with van der Waals surface area (Å²) in [6.07, 6.45) is -5.46.